The molecule has 0 aliphatic rings. The second-order valence-corrected chi connectivity index (χ2v) is 5.18. The molecule has 12 heavy (non-hydrogen) atoms. The smallest absolute Gasteiger partial charge is 0.00170 e. The summed E-state index contributed by atoms with van der Waals surface area (Å²) in [4.78, 5) is 0. The number of hydrogen-bond donors (Lipinski definition) is 1. The molecule has 0 aliphatic heterocycles. The minimum atomic E-state index is 0.597. The van der Waals surface area contributed by atoms with E-state index in [-0.39, 0.29) is 0 Å². The van der Waals surface area contributed by atoms with Crippen LogP contribution < -0.4 is 0 Å². The average molecular weight is 188 g/mol. The summed E-state index contributed by atoms with van der Waals surface area (Å²) >= 11 is 4.56. The molecule has 0 N–H and O–H groups in total. The van der Waals surface area contributed by atoms with E-state index in [4.69, 9.17) is 0 Å². The summed E-state index contributed by atoms with van der Waals surface area (Å²) in [5.74, 6) is 2.44. The van der Waals surface area contributed by atoms with Crippen molar-refractivity contribution in [3.8, 4) is 0 Å². The van der Waals surface area contributed by atoms with Crippen LogP contribution in [0.15, 0.2) is 0 Å². The van der Waals surface area contributed by atoms with E-state index in [1.54, 1.807) is 0 Å². The lowest BCUT2D eigenvalue weighted by atomic mass is 9.82. The Morgan fingerprint density at radius 3 is 1.67 bits per heavy atom. The molecule has 0 fully saturated rings. The summed E-state index contributed by atoms with van der Waals surface area (Å²) in [6.07, 6.45) is 2.47. The molecule has 0 aromatic rings. The van der Waals surface area contributed by atoms with Gasteiger partial charge in [0.1, 0.15) is 0 Å². The second kappa shape index (κ2) is 5.90. The topological polar surface area (TPSA) is 0 Å². The van der Waals surface area contributed by atoms with Crippen molar-refractivity contribution in [3.05, 3.63) is 0 Å². The first-order valence-corrected chi connectivity index (χ1v) is 5.68. The molecule has 0 saturated heterocycles. The Labute approximate surface area is 83.5 Å². The number of thiol groups is 1. The first kappa shape index (κ1) is 12.3. The van der Waals surface area contributed by atoms with Gasteiger partial charge >= 0.3 is 0 Å². The fourth-order valence-electron chi connectivity index (χ4n) is 1.79. The van der Waals surface area contributed by atoms with Crippen LogP contribution in [0.1, 0.15) is 47.5 Å². The molecule has 0 amide bonds. The van der Waals surface area contributed by atoms with Crippen LogP contribution in [0.2, 0.25) is 0 Å². The zero-order valence-corrected chi connectivity index (χ0v) is 10.1. The van der Waals surface area contributed by atoms with Crippen LogP contribution >= 0.6 is 12.6 Å². The SMILES string of the molecule is CCC(S)CC(C(C)C)C(C)C. The highest BCUT2D eigenvalue weighted by Crippen LogP contribution is 2.27. The van der Waals surface area contributed by atoms with Gasteiger partial charge in [-0.3, -0.25) is 0 Å². The Bertz CT molecular complexity index is 99.6. The fourth-order valence-corrected chi connectivity index (χ4v) is 2.04. The van der Waals surface area contributed by atoms with Crippen LogP contribution in [0.5, 0.6) is 0 Å². The third-order valence-electron chi connectivity index (χ3n) is 2.73. The van der Waals surface area contributed by atoms with Gasteiger partial charge in [0.05, 0.1) is 0 Å². The maximum Gasteiger partial charge on any atom is 0.00170 e. The van der Waals surface area contributed by atoms with Crippen LogP contribution in [-0.4, -0.2) is 5.25 Å². The van der Waals surface area contributed by atoms with Crippen molar-refractivity contribution in [3.63, 3.8) is 0 Å². The zero-order chi connectivity index (χ0) is 9.72. The monoisotopic (exact) mass is 188 g/mol. The van der Waals surface area contributed by atoms with Gasteiger partial charge in [0.15, 0.2) is 0 Å². The van der Waals surface area contributed by atoms with Crippen LogP contribution in [0.4, 0.5) is 0 Å². The lowest BCUT2D eigenvalue weighted by Crippen LogP contribution is -2.19. The molecule has 0 nitrogen and oxygen atoms in total. The molecule has 0 heterocycles. The number of rotatable bonds is 5. The lowest BCUT2D eigenvalue weighted by molar-refractivity contribution is 0.267. The average Bonchev–Trinajstić information content (AvgIpc) is 1.98. The lowest BCUT2D eigenvalue weighted by Gasteiger charge is -2.26. The maximum absolute atomic E-state index is 4.56. The molecule has 0 rings (SSSR count). The zero-order valence-electron chi connectivity index (χ0n) is 9.17. The van der Waals surface area contributed by atoms with Gasteiger partial charge in [-0.15, -0.1) is 0 Å². The van der Waals surface area contributed by atoms with E-state index in [1.165, 1.54) is 12.8 Å². The number of hydrogen-bond acceptors (Lipinski definition) is 1. The van der Waals surface area contributed by atoms with Gasteiger partial charge in [-0.05, 0) is 30.6 Å². The molecule has 0 spiro atoms. The first-order chi connectivity index (χ1) is 5.49. The Balaban J connectivity index is 3.95. The summed E-state index contributed by atoms with van der Waals surface area (Å²) in [5, 5.41) is 0.597. The molecule has 1 heteroatoms. The fraction of sp³-hybridized carbons (Fsp3) is 1.00. The predicted octanol–water partition coefficient (Wildman–Crippen LogP) is 4.01. The molecule has 74 valence electrons. The Hall–Kier alpha value is 0.350. The van der Waals surface area contributed by atoms with Crippen LogP contribution in [-0.2, 0) is 0 Å². The molecule has 0 saturated carbocycles. The van der Waals surface area contributed by atoms with Gasteiger partial charge in [-0.1, -0.05) is 34.6 Å². The van der Waals surface area contributed by atoms with Gasteiger partial charge in [0.25, 0.3) is 0 Å². The normalized spacial score (nSPS) is 14.8. The van der Waals surface area contributed by atoms with Crippen molar-refractivity contribution in [1.29, 1.82) is 0 Å². The maximum atomic E-state index is 4.56. The Morgan fingerprint density at radius 1 is 1.00 bits per heavy atom. The molecular formula is C11H24S. The van der Waals surface area contributed by atoms with E-state index in [0.29, 0.717) is 5.25 Å². The van der Waals surface area contributed by atoms with E-state index < -0.39 is 0 Å². The summed E-state index contributed by atoms with van der Waals surface area (Å²) in [5.41, 5.74) is 0. The molecule has 0 aliphatic carbocycles. The highest BCUT2D eigenvalue weighted by Gasteiger charge is 2.19. The van der Waals surface area contributed by atoms with Gasteiger partial charge < -0.3 is 0 Å². The van der Waals surface area contributed by atoms with E-state index in [0.717, 1.165) is 17.8 Å². The summed E-state index contributed by atoms with van der Waals surface area (Å²) in [6.45, 7) is 11.5. The molecule has 0 aromatic carbocycles. The van der Waals surface area contributed by atoms with Gasteiger partial charge in [0, 0.05) is 5.25 Å². The molecule has 1 atom stereocenters. The highest BCUT2D eigenvalue weighted by atomic mass is 32.1. The molecule has 0 radical (unpaired) electrons. The van der Waals surface area contributed by atoms with Crippen molar-refractivity contribution in [2.45, 2.75) is 52.7 Å². The quantitative estimate of drug-likeness (QED) is 0.619. The second-order valence-electron chi connectivity index (χ2n) is 4.45. The minimum Gasteiger partial charge on any atom is -0.176 e. The van der Waals surface area contributed by atoms with Crippen LogP contribution in [0.25, 0.3) is 0 Å². The molecule has 0 bridgehead atoms. The predicted molar refractivity (Wildman–Crippen MR) is 60.8 cm³/mol. The molecule has 1 unspecified atom stereocenters. The van der Waals surface area contributed by atoms with Gasteiger partial charge in [-0.2, -0.15) is 12.6 Å². The van der Waals surface area contributed by atoms with Crippen LogP contribution in [0, 0.1) is 17.8 Å². The van der Waals surface area contributed by atoms with Crippen molar-refractivity contribution in [1.82, 2.24) is 0 Å². The highest BCUT2D eigenvalue weighted by molar-refractivity contribution is 7.80. The van der Waals surface area contributed by atoms with E-state index >= 15 is 0 Å². The standard InChI is InChI=1S/C11H24S/c1-6-10(12)7-11(8(2)3)9(4)5/h8-12H,6-7H2,1-5H3. The van der Waals surface area contributed by atoms with Gasteiger partial charge in [0.2, 0.25) is 0 Å². The van der Waals surface area contributed by atoms with E-state index in [9.17, 15) is 0 Å². The van der Waals surface area contributed by atoms with Gasteiger partial charge in [-0.25, -0.2) is 0 Å². The summed E-state index contributed by atoms with van der Waals surface area (Å²) in [7, 11) is 0. The summed E-state index contributed by atoms with van der Waals surface area (Å²) < 4.78 is 0. The Morgan fingerprint density at radius 2 is 1.42 bits per heavy atom. The molecular weight excluding hydrogens is 164 g/mol. The third-order valence-corrected chi connectivity index (χ3v) is 3.30. The molecule has 0 aromatic heterocycles. The third kappa shape index (κ3) is 4.39. The first-order valence-electron chi connectivity index (χ1n) is 5.17. The summed E-state index contributed by atoms with van der Waals surface area (Å²) in [6, 6.07) is 0. The van der Waals surface area contributed by atoms with Crippen molar-refractivity contribution < 1.29 is 0 Å². The van der Waals surface area contributed by atoms with Crippen molar-refractivity contribution in [2.75, 3.05) is 0 Å². The van der Waals surface area contributed by atoms with Crippen molar-refractivity contribution in [2.24, 2.45) is 17.8 Å². The minimum absolute atomic E-state index is 0.597. The largest absolute Gasteiger partial charge is 0.176 e. The Kier molecular flexibility index (Phi) is 6.08. The van der Waals surface area contributed by atoms with Crippen molar-refractivity contribution >= 4 is 12.6 Å². The van der Waals surface area contributed by atoms with Crippen LogP contribution in [0.3, 0.4) is 0 Å². The van der Waals surface area contributed by atoms with E-state index in [2.05, 4.69) is 47.2 Å². The van der Waals surface area contributed by atoms with E-state index in [1.807, 2.05) is 0 Å².